The first-order chi connectivity index (χ1) is 17.0. The Morgan fingerprint density at radius 1 is 1.08 bits per heavy atom. The summed E-state index contributed by atoms with van der Waals surface area (Å²) in [5.41, 5.74) is 2.84. The SMILES string of the molecule is Cc1nc2nc(N3C[C@@H](C)O[C@@H](c4ccc(=O)n(C)c4)C3)nc(-c3cnc(C(F)(F)F)s3)c2nc1C. The summed E-state index contributed by atoms with van der Waals surface area (Å²) in [6.07, 6.45) is -2.24. The Morgan fingerprint density at radius 2 is 1.83 bits per heavy atom. The second-order valence-electron chi connectivity index (χ2n) is 8.72. The molecule has 1 aliphatic heterocycles. The van der Waals surface area contributed by atoms with Gasteiger partial charge in [0.15, 0.2) is 10.7 Å². The molecule has 0 spiro atoms. The van der Waals surface area contributed by atoms with Gasteiger partial charge in [-0.05, 0) is 32.4 Å². The number of hydrogen-bond acceptors (Lipinski definition) is 9. The second kappa shape index (κ2) is 8.89. The lowest BCUT2D eigenvalue weighted by molar-refractivity contribution is -0.137. The topological polar surface area (TPSA) is 98.9 Å². The van der Waals surface area contributed by atoms with Gasteiger partial charge < -0.3 is 14.2 Å². The van der Waals surface area contributed by atoms with E-state index in [1.54, 1.807) is 33.2 Å². The maximum Gasteiger partial charge on any atom is 0.443 e. The largest absolute Gasteiger partial charge is 0.443 e. The quantitative estimate of drug-likeness (QED) is 0.404. The van der Waals surface area contributed by atoms with Crippen molar-refractivity contribution in [1.82, 2.24) is 29.5 Å². The lowest BCUT2D eigenvalue weighted by Gasteiger charge is -2.37. The summed E-state index contributed by atoms with van der Waals surface area (Å²) in [6, 6.07) is 3.21. The van der Waals surface area contributed by atoms with Gasteiger partial charge in [0.2, 0.25) is 11.5 Å². The van der Waals surface area contributed by atoms with Crippen molar-refractivity contribution in [2.75, 3.05) is 18.0 Å². The van der Waals surface area contributed by atoms with E-state index in [-0.39, 0.29) is 34.0 Å². The highest BCUT2D eigenvalue weighted by molar-refractivity contribution is 7.15. The normalized spacial score (nSPS) is 18.7. The van der Waals surface area contributed by atoms with Gasteiger partial charge >= 0.3 is 6.18 Å². The van der Waals surface area contributed by atoms with Crippen molar-refractivity contribution in [3.63, 3.8) is 0 Å². The average molecular weight is 518 g/mol. The van der Waals surface area contributed by atoms with Crippen LogP contribution in [0.4, 0.5) is 19.1 Å². The maximum absolute atomic E-state index is 13.3. The van der Waals surface area contributed by atoms with Crippen LogP contribution in [0.15, 0.2) is 29.3 Å². The zero-order chi connectivity index (χ0) is 25.8. The number of aromatic nitrogens is 6. The number of morpholine rings is 1. The van der Waals surface area contributed by atoms with Crippen LogP contribution in [0.25, 0.3) is 21.7 Å². The molecule has 0 amide bonds. The van der Waals surface area contributed by atoms with E-state index in [2.05, 4.69) is 24.9 Å². The van der Waals surface area contributed by atoms with Crippen LogP contribution in [-0.4, -0.2) is 48.7 Å². The Morgan fingerprint density at radius 3 is 2.53 bits per heavy atom. The molecule has 9 nitrogen and oxygen atoms in total. The minimum Gasteiger partial charge on any atom is -0.367 e. The molecule has 0 unspecified atom stereocenters. The van der Waals surface area contributed by atoms with Crippen molar-refractivity contribution in [3.8, 4) is 10.6 Å². The Kier molecular flexibility index (Phi) is 5.99. The molecule has 4 aromatic rings. The Bertz CT molecular complexity index is 1520. The fourth-order valence-electron chi connectivity index (χ4n) is 4.03. The van der Waals surface area contributed by atoms with E-state index >= 15 is 0 Å². The number of pyridine rings is 1. The lowest BCUT2D eigenvalue weighted by Crippen LogP contribution is -2.44. The van der Waals surface area contributed by atoms with Gasteiger partial charge in [-0.1, -0.05) is 0 Å². The highest BCUT2D eigenvalue weighted by Gasteiger charge is 2.35. The van der Waals surface area contributed by atoms with Gasteiger partial charge in [-0.25, -0.2) is 19.9 Å². The summed E-state index contributed by atoms with van der Waals surface area (Å²) in [6.45, 7) is 6.32. The standard InChI is InChI=1S/C23H22F3N7O2S/c1-11-8-33(10-15(35-11)14-5-6-17(34)32(4)9-14)22-30-18(16-7-27-21(36-16)23(24,25)26)19-20(31-22)29-13(3)12(2)28-19/h5-7,9,11,15H,8,10H2,1-4H3/t11-,15-/m1/s1. The van der Waals surface area contributed by atoms with Crippen molar-refractivity contribution in [1.29, 1.82) is 0 Å². The van der Waals surface area contributed by atoms with Crippen molar-refractivity contribution >= 4 is 28.4 Å². The molecular weight excluding hydrogens is 495 g/mol. The second-order valence-corrected chi connectivity index (χ2v) is 9.75. The number of nitrogens with zero attached hydrogens (tertiary/aromatic N) is 7. The van der Waals surface area contributed by atoms with Crippen molar-refractivity contribution < 1.29 is 17.9 Å². The van der Waals surface area contributed by atoms with Gasteiger partial charge in [0.25, 0.3) is 0 Å². The van der Waals surface area contributed by atoms with E-state index in [9.17, 15) is 18.0 Å². The molecule has 1 aliphatic rings. The summed E-state index contributed by atoms with van der Waals surface area (Å²) < 4.78 is 47.4. The lowest BCUT2D eigenvalue weighted by atomic mass is 10.1. The molecule has 0 saturated carbocycles. The Hall–Kier alpha value is -3.45. The number of thiazole rings is 1. The molecule has 188 valence electrons. The molecule has 2 atom stereocenters. The van der Waals surface area contributed by atoms with E-state index in [0.717, 1.165) is 11.8 Å². The molecule has 1 saturated heterocycles. The van der Waals surface area contributed by atoms with E-state index in [0.29, 0.717) is 47.3 Å². The van der Waals surface area contributed by atoms with Crippen molar-refractivity contribution in [3.05, 3.63) is 56.8 Å². The third kappa shape index (κ3) is 4.55. The van der Waals surface area contributed by atoms with Gasteiger partial charge in [0, 0.05) is 32.1 Å². The molecule has 5 heterocycles. The monoisotopic (exact) mass is 517 g/mol. The molecule has 5 rings (SSSR count). The molecule has 0 bridgehead atoms. The van der Waals surface area contributed by atoms with E-state index in [1.807, 2.05) is 11.8 Å². The minimum atomic E-state index is -4.56. The highest BCUT2D eigenvalue weighted by Crippen LogP contribution is 2.38. The number of anilines is 1. The predicted octanol–water partition coefficient (Wildman–Crippen LogP) is 3.84. The predicted molar refractivity (Wildman–Crippen MR) is 128 cm³/mol. The number of hydrogen-bond donors (Lipinski definition) is 0. The van der Waals surface area contributed by atoms with E-state index in [1.165, 1.54) is 10.6 Å². The van der Waals surface area contributed by atoms with E-state index in [4.69, 9.17) is 4.74 Å². The third-order valence-corrected chi connectivity index (χ3v) is 6.98. The fourth-order valence-corrected chi connectivity index (χ4v) is 4.81. The van der Waals surface area contributed by atoms with Gasteiger partial charge in [0.05, 0.1) is 28.9 Å². The molecule has 0 aromatic carbocycles. The zero-order valence-electron chi connectivity index (χ0n) is 19.9. The first kappa shape index (κ1) is 24.3. The van der Waals surface area contributed by atoms with Gasteiger partial charge in [-0.2, -0.15) is 18.2 Å². The number of alkyl halides is 3. The summed E-state index contributed by atoms with van der Waals surface area (Å²) in [4.78, 5) is 35.9. The van der Waals surface area contributed by atoms with Gasteiger partial charge in [-0.3, -0.25) is 4.79 Å². The van der Waals surface area contributed by atoms with Crippen LogP contribution in [0, 0.1) is 13.8 Å². The fraction of sp³-hybridized carbons (Fsp3) is 0.391. The number of halogens is 3. The molecular formula is C23H22F3N7O2S. The molecule has 0 aliphatic carbocycles. The first-order valence-corrected chi connectivity index (χ1v) is 11.9. The highest BCUT2D eigenvalue weighted by atomic mass is 32.1. The molecule has 1 fully saturated rings. The third-order valence-electron chi connectivity index (χ3n) is 5.94. The molecule has 0 radical (unpaired) electrons. The number of ether oxygens (including phenoxy) is 1. The Balaban J connectivity index is 1.61. The van der Waals surface area contributed by atoms with Crippen LogP contribution in [0.2, 0.25) is 0 Å². The van der Waals surface area contributed by atoms with E-state index < -0.39 is 11.2 Å². The number of rotatable bonds is 3. The van der Waals surface area contributed by atoms with Crippen LogP contribution in [-0.2, 0) is 18.0 Å². The van der Waals surface area contributed by atoms with Crippen LogP contribution >= 0.6 is 11.3 Å². The smallest absolute Gasteiger partial charge is 0.367 e. The molecule has 36 heavy (non-hydrogen) atoms. The average Bonchev–Trinajstić information content (AvgIpc) is 3.31. The Labute approximate surface area is 207 Å². The van der Waals surface area contributed by atoms with Crippen molar-refractivity contribution in [2.45, 2.75) is 39.2 Å². The molecule has 4 aromatic heterocycles. The zero-order valence-corrected chi connectivity index (χ0v) is 20.7. The molecule has 0 N–H and O–H groups in total. The summed E-state index contributed by atoms with van der Waals surface area (Å²) >= 11 is 0.504. The number of aryl methyl sites for hydroxylation is 3. The van der Waals surface area contributed by atoms with Crippen LogP contribution in [0.1, 0.15) is 35.0 Å². The van der Waals surface area contributed by atoms with Crippen LogP contribution < -0.4 is 10.5 Å². The van der Waals surface area contributed by atoms with Gasteiger partial charge in [0.1, 0.15) is 17.3 Å². The van der Waals surface area contributed by atoms with Gasteiger partial charge in [-0.15, -0.1) is 11.3 Å². The summed E-state index contributed by atoms with van der Waals surface area (Å²) in [5, 5.41) is -0.961. The maximum atomic E-state index is 13.3. The first-order valence-electron chi connectivity index (χ1n) is 11.1. The number of fused-ring (bicyclic) bond motifs is 1. The summed E-state index contributed by atoms with van der Waals surface area (Å²) in [5.74, 6) is 0.307. The molecule has 13 heteroatoms. The van der Waals surface area contributed by atoms with Crippen LogP contribution in [0.5, 0.6) is 0 Å². The summed E-state index contributed by atoms with van der Waals surface area (Å²) in [7, 11) is 1.67. The minimum absolute atomic E-state index is 0.131. The van der Waals surface area contributed by atoms with Crippen LogP contribution in [0.3, 0.4) is 0 Å². The van der Waals surface area contributed by atoms with Crippen molar-refractivity contribution in [2.24, 2.45) is 7.05 Å².